The average Bonchev–Trinajstić information content (AvgIpc) is 2.83. The summed E-state index contributed by atoms with van der Waals surface area (Å²) in [6, 6.07) is 12.4. The van der Waals surface area contributed by atoms with E-state index in [0.29, 0.717) is 13.1 Å². The van der Waals surface area contributed by atoms with Crippen molar-refractivity contribution >= 4 is 17.6 Å². The van der Waals surface area contributed by atoms with Gasteiger partial charge in [-0.3, -0.25) is 0 Å². The zero-order valence-corrected chi connectivity index (χ0v) is 17.5. The number of hydrogen-bond donors (Lipinski definition) is 1. The number of rotatable bonds is 1. The minimum atomic E-state index is 0.00264. The predicted octanol–water partition coefficient (Wildman–Crippen LogP) is 4.22. The maximum Gasteiger partial charge on any atom is 0.317 e. The second kappa shape index (κ2) is 7.78. The highest BCUT2D eigenvalue weighted by molar-refractivity contribution is 6.04. The van der Waals surface area contributed by atoms with Crippen LogP contribution in [0.4, 0.5) is 10.5 Å². The van der Waals surface area contributed by atoms with Crippen LogP contribution in [0.1, 0.15) is 30.5 Å². The highest BCUT2D eigenvalue weighted by Gasteiger charge is 2.27. The van der Waals surface area contributed by atoms with E-state index < -0.39 is 0 Å². The lowest BCUT2D eigenvalue weighted by Crippen LogP contribution is -2.54. The second-order valence-electron chi connectivity index (χ2n) is 8.09. The van der Waals surface area contributed by atoms with Gasteiger partial charge in [0, 0.05) is 32.2 Å². The van der Waals surface area contributed by atoms with Crippen LogP contribution in [-0.4, -0.2) is 53.9 Å². The van der Waals surface area contributed by atoms with E-state index >= 15 is 0 Å². The van der Waals surface area contributed by atoms with Crippen LogP contribution < -0.4 is 10.1 Å². The maximum absolute atomic E-state index is 12.3. The van der Waals surface area contributed by atoms with Crippen molar-refractivity contribution in [3.05, 3.63) is 53.1 Å². The fourth-order valence-electron chi connectivity index (χ4n) is 3.70. The summed E-state index contributed by atoms with van der Waals surface area (Å²) in [4.78, 5) is 21.5. The third-order valence-electron chi connectivity index (χ3n) is 5.22. The third kappa shape index (κ3) is 4.06. The Kier molecular flexibility index (Phi) is 5.18. The van der Waals surface area contributed by atoms with Gasteiger partial charge in [0.05, 0.1) is 5.56 Å². The van der Waals surface area contributed by atoms with E-state index in [0.717, 1.165) is 52.8 Å². The van der Waals surface area contributed by atoms with Crippen LogP contribution in [0, 0.1) is 13.8 Å². The Morgan fingerprint density at radius 1 is 1.00 bits per heavy atom. The molecule has 0 radical (unpaired) electrons. The molecule has 0 aliphatic carbocycles. The molecule has 6 nitrogen and oxygen atoms in total. The summed E-state index contributed by atoms with van der Waals surface area (Å²) < 4.78 is 6.25. The molecule has 6 heteroatoms. The predicted molar refractivity (Wildman–Crippen MR) is 115 cm³/mol. The van der Waals surface area contributed by atoms with E-state index in [1.807, 2.05) is 36.9 Å². The van der Waals surface area contributed by atoms with Crippen LogP contribution >= 0.6 is 0 Å². The Labute approximate surface area is 172 Å². The number of nitrogens with one attached hydrogen (secondary N) is 1. The molecule has 0 atom stereocenters. The normalized spacial score (nSPS) is 15.8. The number of fused-ring (bicyclic) bond motifs is 2. The molecule has 0 saturated carbocycles. The number of piperazine rings is 1. The molecule has 0 unspecified atom stereocenters. The number of carbonyl (C=O) groups is 1. The van der Waals surface area contributed by atoms with Crippen LogP contribution in [0.3, 0.4) is 0 Å². The minimum absolute atomic E-state index is 0.00264. The Balaban J connectivity index is 1.64. The van der Waals surface area contributed by atoms with Crippen LogP contribution in [0.5, 0.6) is 11.5 Å². The largest absolute Gasteiger partial charge is 0.454 e. The molecule has 0 bridgehead atoms. The summed E-state index contributed by atoms with van der Waals surface area (Å²) in [6.45, 7) is 10.9. The molecule has 1 N–H and O–H groups in total. The molecule has 2 heterocycles. The summed E-state index contributed by atoms with van der Waals surface area (Å²) in [5.74, 6) is 2.51. The summed E-state index contributed by atoms with van der Waals surface area (Å²) in [6.07, 6.45) is 0. The molecule has 4 rings (SSSR count). The van der Waals surface area contributed by atoms with Crippen molar-refractivity contribution in [2.24, 2.45) is 4.99 Å². The maximum atomic E-state index is 12.3. The first-order chi connectivity index (χ1) is 13.9. The number of amides is 2. The van der Waals surface area contributed by atoms with Crippen molar-refractivity contribution < 1.29 is 9.53 Å². The number of carbonyl (C=O) groups excluding carboxylic acids is 1. The van der Waals surface area contributed by atoms with Gasteiger partial charge < -0.3 is 19.9 Å². The lowest BCUT2D eigenvalue weighted by molar-refractivity contribution is 0.167. The molecule has 0 spiro atoms. The number of hydrogen-bond acceptors (Lipinski definition) is 4. The van der Waals surface area contributed by atoms with Gasteiger partial charge in [-0.25, -0.2) is 9.79 Å². The minimum Gasteiger partial charge on any atom is -0.454 e. The van der Waals surface area contributed by atoms with Gasteiger partial charge >= 0.3 is 6.03 Å². The number of aliphatic imine (C=N–C) groups is 1. The molecule has 2 aromatic carbocycles. The quantitative estimate of drug-likeness (QED) is 0.790. The number of aryl methyl sites for hydroxylation is 2. The summed E-state index contributed by atoms with van der Waals surface area (Å²) >= 11 is 0. The SMILES string of the molecule is Cc1ccc2c(c1)Oc1ccc(C)cc1C(N1CCN(C(=O)NC(C)C)CC1)=N2. The number of amidine groups is 1. The van der Waals surface area contributed by atoms with E-state index in [4.69, 9.17) is 9.73 Å². The summed E-state index contributed by atoms with van der Waals surface area (Å²) in [5, 5.41) is 2.98. The average molecular weight is 393 g/mol. The van der Waals surface area contributed by atoms with Crippen LogP contribution in [0.2, 0.25) is 0 Å². The Morgan fingerprint density at radius 3 is 2.41 bits per heavy atom. The van der Waals surface area contributed by atoms with Gasteiger partial charge in [-0.05, 0) is 57.5 Å². The van der Waals surface area contributed by atoms with Crippen LogP contribution in [-0.2, 0) is 0 Å². The van der Waals surface area contributed by atoms with E-state index in [-0.39, 0.29) is 12.1 Å². The van der Waals surface area contributed by atoms with Crippen molar-refractivity contribution in [3.8, 4) is 11.5 Å². The standard InChI is InChI=1S/C23H28N4O2/c1-15(2)24-23(28)27-11-9-26(10-12-27)22-18-13-16(3)6-8-20(18)29-21-14-17(4)5-7-19(21)25-22/h5-8,13-15H,9-12H2,1-4H3,(H,24,28). The van der Waals surface area contributed by atoms with E-state index in [2.05, 4.69) is 42.3 Å². The highest BCUT2D eigenvalue weighted by Crippen LogP contribution is 2.39. The van der Waals surface area contributed by atoms with Gasteiger partial charge in [0.15, 0.2) is 5.75 Å². The van der Waals surface area contributed by atoms with Crippen molar-refractivity contribution in [2.75, 3.05) is 26.2 Å². The first-order valence-corrected chi connectivity index (χ1v) is 10.2. The smallest absolute Gasteiger partial charge is 0.317 e. The monoisotopic (exact) mass is 392 g/mol. The zero-order valence-electron chi connectivity index (χ0n) is 17.5. The number of urea groups is 1. The third-order valence-corrected chi connectivity index (χ3v) is 5.22. The Bertz CT molecular complexity index is 959. The Morgan fingerprint density at radius 2 is 1.69 bits per heavy atom. The molecule has 0 aromatic heterocycles. The Hall–Kier alpha value is -3.02. The molecule has 152 valence electrons. The zero-order chi connectivity index (χ0) is 20.5. The molecule has 2 aliphatic rings. The summed E-state index contributed by atoms with van der Waals surface area (Å²) in [7, 11) is 0. The number of benzene rings is 2. The number of nitrogens with zero attached hydrogens (tertiary/aromatic N) is 3. The van der Waals surface area contributed by atoms with Gasteiger partial charge in [-0.2, -0.15) is 0 Å². The van der Waals surface area contributed by atoms with Gasteiger partial charge in [-0.15, -0.1) is 0 Å². The van der Waals surface area contributed by atoms with Gasteiger partial charge in [0.1, 0.15) is 17.3 Å². The second-order valence-corrected chi connectivity index (χ2v) is 8.09. The van der Waals surface area contributed by atoms with Gasteiger partial charge in [0.2, 0.25) is 0 Å². The van der Waals surface area contributed by atoms with Crippen molar-refractivity contribution in [1.29, 1.82) is 0 Å². The fourth-order valence-corrected chi connectivity index (χ4v) is 3.70. The molecule has 2 aliphatic heterocycles. The van der Waals surface area contributed by atoms with Crippen LogP contribution in [0.15, 0.2) is 41.4 Å². The first-order valence-electron chi connectivity index (χ1n) is 10.2. The van der Waals surface area contributed by atoms with Crippen molar-refractivity contribution in [3.63, 3.8) is 0 Å². The van der Waals surface area contributed by atoms with E-state index in [1.54, 1.807) is 0 Å². The molecular weight excluding hydrogens is 364 g/mol. The van der Waals surface area contributed by atoms with Crippen LogP contribution in [0.25, 0.3) is 0 Å². The van der Waals surface area contributed by atoms with Gasteiger partial charge in [-0.1, -0.05) is 17.7 Å². The van der Waals surface area contributed by atoms with Crippen molar-refractivity contribution in [2.45, 2.75) is 33.7 Å². The molecular formula is C23H28N4O2. The summed E-state index contributed by atoms with van der Waals surface area (Å²) in [5.41, 5.74) is 4.14. The van der Waals surface area contributed by atoms with E-state index in [1.165, 1.54) is 0 Å². The number of ether oxygens (including phenoxy) is 1. The lowest BCUT2D eigenvalue weighted by Gasteiger charge is -2.36. The van der Waals surface area contributed by atoms with Crippen molar-refractivity contribution in [1.82, 2.24) is 15.1 Å². The first kappa shape index (κ1) is 19.3. The fraction of sp³-hybridized carbons (Fsp3) is 0.391. The van der Waals surface area contributed by atoms with E-state index in [9.17, 15) is 4.79 Å². The molecule has 1 saturated heterocycles. The topological polar surface area (TPSA) is 57.2 Å². The molecule has 1 fully saturated rings. The molecule has 29 heavy (non-hydrogen) atoms. The van der Waals surface area contributed by atoms with Gasteiger partial charge in [0.25, 0.3) is 0 Å². The molecule has 2 aromatic rings. The molecule has 2 amide bonds. The lowest BCUT2D eigenvalue weighted by atomic mass is 10.1. The highest BCUT2D eigenvalue weighted by atomic mass is 16.5.